The lowest BCUT2D eigenvalue weighted by Gasteiger charge is -2.12. The van der Waals surface area contributed by atoms with Gasteiger partial charge in [0.25, 0.3) is 10.0 Å². The van der Waals surface area contributed by atoms with Crippen LogP contribution in [0.1, 0.15) is 31.8 Å². The van der Waals surface area contributed by atoms with Crippen molar-refractivity contribution >= 4 is 27.6 Å². The molecule has 132 valence electrons. The Morgan fingerprint density at radius 2 is 1.68 bits per heavy atom. The van der Waals surface area contributed by atoms with E-state index in [4.69, 9.17) is 5.11 Å². The van der Waals surface area contributed by atoms with Crippen LogP contribution in [0.5, 0.6) is 0 Å². The molecular formula is C17H17NO6S. The maximum absolute atomic E-state index is 12.6. The van der Waals surface area contributed by atoms with Crippen LogP contribution in [0.25, 0.3) is 0 Å². The number of benzene rings is 2. The molecule has 0 aliphatic heterocycles. The number of rotatable bonds is 5. The molecule has 0 spiro atoms. The standard InChI is InChI=1S/C17H17NO6S/c1-10-5-7-13(9-14(10)16(19)20)18-25(22,23)15-8-12(17(21)24-3)6-4-11(15)2/h4-9,18H,1-3H3,(H,19,20). The minimum Gasteiger partial charge on any atom is -0.478 e. The van der Waals surface area contributed by atoms with E-state index in [2.05, 4.69) is 9.46 Å². The summed E-state index contributed by atoms with van der Waals surface area (Å²) in [5.74, 6) is -1.80. The molecular weight excluding hydrogens is 346 g/mol. The molecule has 0 saturated heterocycles. The average molecular weight is 363 g/mol. The molecule has 8 heteroatoms. The summed E-state index contributed by atoms with van der Waals surface area (Å²) < 4.78 is 32.2. The first-order valence-electron chi connectivity index (χ1n) is 7.21. The number of aryl methyl sites for hydroxylation is 2. The Hall–Kier alpha value is -2.87. The van der Waals surface area contributed by atoms with Crippen LogP contribution in [0.3, 0.4) is 0 Å². The molecule has 0 aliphatic rings. The zero-order valence-corrected chi connectivity index (χ0v) is 14.7. The number of carbonyl (C=O) groups excluding carboxylic acids is 1. The summed E-state index contributed by atoms with van der Waals surface area (Å²) in [6, 6.07) is 8.41. The third kappa shape index (κ3) is 3.97. The third-order valence-electron chi connectivity index (χ3n) is 3.62. The number of hydrogen-bond donors (Lipinski definition) is 2. The van der Waals surface area contributed by atoms with E-state index in [1.165, 1.54) is 43.5 Å². The van der Waals surface area contributed by atoms with Gasteiger partial charge in [-0.1, -0.05) is 12.1 Å². The first kappa shape index (κ1) is 18.5. The molecule has 0 amide bonds. The van der Waals surface area contributed by atoms with Gasteiger partial charge in [-0.2, -0.15) is 0 Å². The largest absolute Gasteiger partial charge is 0.478 e. The Balaban J connectivity index is 2.45. The van der Waals surface area contributed by atoms with E-state index in [1.54, 1.807) is 13.8 Å². The fourth-order valence-electron chi connectivity index (χ4n) is 2.26. The monoisotopic (exact) mass is 363 g/mol. The molecule has 0 atom stereocenters. The van der Waals surface area contributed by atoms with Crippen LogP contribution < -0.4 is 4.72 Å². The van der Waals surface area contributed by atoms with E-state index in [9.17, 15) is 18.0 Å². The quantitative estimate of drug-likeness (QED) is 0.790. The van der Waals surface area contributed by atoms with Crippen LogP contribution in [0.15, 0.2) is 41.3 Å². The molecule has 0 aromatic heterocycles. The highest BCUT2D eigenvalue weighted by Gasteiger charge is 2.20. The number of sulfonamides is 1. The minimum atomic E-state index is -4.01. The molecule has 0 radical (unpaired) electrons. The van der Waals surface area contributed by atoms with Crippen molar-refractivity contribution in [3.05, 3.63) is 58.7 Å². The molecule has 0 aliphatic carbocycles. The lowest BCUT2D eigenvalue weighted by Crippen LogP contribution is -2.16. The number of aromatic carboxylic acids is 1. The molecule has 0 bridgehead atoms. The van der Waals surface area contributed by atoms with Crippen LogP contribution in [-0.2, 0) is 14.8 Å². The minimum absolute atomic E-state index is 0.000216. The molecule has 2 N–H and O–H groups in total. The van der Waals surface area contributed by atoms with Crippen molar-refractivity contribution < 1.29 is 27.9 Å². The summed E-state index contributed by atoms with van der Waals surface area (Å²) in [6.07, 6.45) is 0. The van der Waals surface area contributed by atoms with Gasteiger partial charge in [0.2, 0.25) is 0 Å². The lowest BCUT2D eigenvalue weighted by atomic mass is 10.1. The van der Waals surface area contributed by atoms with E-state index in [0.29, 0.717) is 11.1 Å². The van der Waals surface area contributed by atoms with Crippen molar-refractivity contribution in [1.29, 1.82) is 0 Å². The summed E-state index contributed by atoms with van der Waals surface area (Å²) in [6.45, 7) is 3.21. The molecule has 0 fully saturated rings. The predicted octanol–water partition coefficient (Wildman–Crippen LogP) is 2.59. The Morgan fingerprint density at radius 3 is 2.28 bits per heavy atom. The Bertz CT molecular complexity index is 950. The molecule has 0 heterocycles. The topological polar surface area (TPSA) is 110 Å². The molecule has 2 aromatic rings. The summed E-state index contributed by atoms with van der Waals surface area (Å²) in [7, 11) is -2.81. The Morgan fingerprint density at radius 1 is 1.04 bits per heavy atom. The van der Waals surface area contributed by atoms with Crippen molar-refractivity contribution in [3.8, 4) is 0 Å². The van der Waals surface area contributed by atoms with Crippen LogP contribution in [0.4, 0.5) is 5.69 Å². The molecule has 2 aromatic carbocycles. The maximum Gasteiger partial charge on any atom is 0.337 e. The zero-order valence-electron chi connectivity index (χ0n) is 13.9. The molecule has 2 rings (SSSR count). The predicted molar refractivity (Wildman–Crippen MR) is 91.5 cm³/mol. The highest BCUT2D eigenvalue weighted by atomic mass is 32.2. The van der Waals surface area contributed by atoms with Crippen LogP contribution in [0.2, 0.25) is 0 Å². The lowest BCUT2D eigenvalue weighted by molar-refractivity contribution is 0.0599. The molecule has 7 nitrogen and oxygen atoms in total. The van der Waals surface area contributed by atoms with Crippen LogP contribution >= 0.6 is 0 Å². The smallest absolute Gasteiger partial charge is 0.337 e. The molecule has 25 heavy (non-hydrogen) atoms. The summed E-state index contributed by atoms with van der Waals surface area (Å²) in [4.78, 5) is 22.7. The average Bonchev–Trinajstić information content (AvgIpc) is 2.55. The number of carbonyl (C=O) groups is 2. The van der Waals surface area contributed by atoms with E-state index >= 15 is 0 Å². The SMILES string of the molecule is COC(=O)c1ccc(C)c(S(=O)(=O)Nc2ccc(C)c(C(=O)O)c2)c1. The van der Waals surface area contributed by atoms with Gasteiger partial charge in [-0.3, -0.25) is 4.72 Å². The van der Waals surface area contributed by atoms with Crippen molar-refractivity contribution in [1.82, 2.24) is 0 Å². The van der Waals surface area contributed by atoms with Crippen LogP contribution in [-0.4, -0.2) is 32.6 Å². The highest BCUT2D eigenvalue weighted by Crippen LogP contribution is 2.23. The number of anilines is 1. The van der Waals surface area contributed by atoms with Gasteiger partial charge in [0.1, 0.15) is 0 Å². The second-order valence-corrected chi connectivity index (χ2v) is 7.06. The highest BCUT2D eigenvalue weighted by molar-refractivity contribution is 7.92. The number of hydrogen-bond acceptors (Lipinski definition) is 5. The summed E-state index contributed by atoms with van der Waals surface area (Å²) >= 11 is 0. The van der Waals surface area contributed by atoms with Gasteiger partial charge in [0.05, 0.1) is 23.1 Å². The number of carboxylic acids is 1. The number of ether oxygens (including phenoxy) is 1. The second kappa shape index (κ2) is 6.94. The van der Waals surface area contributed by atoms with Gasteiger partial charge < -0.3 is 9.84 Å². The van der Waals surface area contributed by atoms with Crippen molar-refractivity contribution in [2.75, 3.05) is 11.8 Å². The van der Waals surface area contributed by atoms with Gasteiger partial charge in [0, 0.05) is 5.69 Å². The first-order chi connectivity index (χ1) is 11.7. The summed E-state index contributed by atoms with van der Waals surface area (Å²) in [5.41, 5.74) is 1.17. The molecule has 0 saturated carbocycles. The first-order valence-corrected chi connectivity index (χ1v) is 8.70. The van der Waals surface area contributed by atoms with E-state index < -0.39 is 22.0 Å². The second-order valence-electron chi connectivity index (χ2n) is 5.41. The van der Waals surface area contributed by atoms with E-state index in [-0.39, 0.29) is 21.7 Å². The number of nitrogens with one attached hydrogen (secondary N) is 1. The van der Waals surface area contributed by atoms with Gasteiger partial charge in [0.15, 0.2) is 0 Å². The maximum atomic E-state index is 12.6. The van der Waals surface area contributed by atoms with E-state index in [1.807, 2.05) is 0 Å². The number of esters is 1. The van der Waals surface area contributed by atoms with Gasteiger partial charge in [-0.25, -0.2) is 18.0 Å². The van der Waals surface area contributed by atoms with E-state index in [0.717, 1.165) is 0 Å². The number of methoxy groups -OCH3 is 1. The summed E-state index contributed by atoms with van der Waals surface area (Å²) in [5, 5.41) is 9.15. The number of carboxylic acid groups (broad SMARTS) is 1. The van der Waals surface area contributed by atoms with Gasteiger partial charge in [-0.05, 0) is 49.2 Å². The normalized spacial score (nSPS) is 11.0. The van der Waals surface area contributed by atoms with Crippen molar-refractivity contribution in [2.24, 2.45) is 0 Å². The van der Waals surface area contributed by atoms with Crippen molar-refractivity contribution in [2.45, 2.75) is 18.7 Å². The fourth-order valence-corrected chi connectivity index (χ4v) is 3.58. The fraction of sp³-hybridized carbons (Fsp3) is 0.176. The zero-order chi connectivity index (χ0) is 18.8. The Kier molecular flexibility index (Phi) is 5.13. The van der Waals surface area contributed by atoms with Crippen LogP contribution in [0, 0.1) is 13.8 Å². The molecule has 0 unspecified atom stereocenters. The van der Waals surface area contributed by atoms with Gasteiger partial charge >= 0.3 is 11.9 Å². The third-order valence-corrected chi connectivity index (χ3v) is 5.14. The van der Waals surface area contributed by atoms with Crippen molar-refractivity contribution in [3.63, 3.8) is 0 Å². The van der Waals surface area contributed by atoms with Gasteiger partial charge in [-0.15, -0.1) is 0 Å². The Labute approximate surface area is 145 Å².